The van der Waals surface area contributed by atoms with E-state index < -0.39 is 211 Å². The third-order valence-electron chi connectivity index (χ3n) is 13.5. The number of nitrogens with one attached hydrogen (secondary N) is 1. The Morgan fingerprint density at radius 1 is 0.490 bits per heavy atom. The van der Waals surface area contributed by atoms with E-state index in [1.54, 1.807) is 0 Å². The molecule has 1 aromatic heterocycles. The number of carbonyl (C=O) groups excluding carboxylic acids is 13. The molecule has 38 heteroatoms. The monoisotopic (exact) mass is 1410 g/mol. The molecule has 3 aromatic carbocycles. The average Bonchev–Trinajstić information content (AvgIpc) is 0.803. The number of hydrogen-bond acceptors (Lipinski definition) is 36. The molecule has 1 aliphatic rings. The molecule has 1 heterocycles. The summed E-state index contributed by atoms with van der Waals surface area (Å²) in [4.78, 5) is 189. The summed E-state index contributed by atoms with van der Waals surface area (Å²) in [5, 5.41) is 16.0. The summed E-state index contributed by atoms with van der Waals surface area (Å²) in [6, 6.07) is 10.5. The molecule has 38 nitrogen and oxygen atoms in total. The second-order valence-electron chi connectivity index (χ2n) is 20.9. The van der Waals surface area contributed by atoms with Crippen molar-refractivity contribution in [2.75, 3.05) is 110 Å². The van der Waals surface area contributed by atoms with Crippen molar-refractivity contribution in [2.45, 2.75) is 85.9 Å². The van der Waals surface area contributed by atoms with Crippen LogP contribution in [0.5, 0.6) is 23.0 Å². The number of benzene rings is 3. The van der Waals surface area contributed by atoms with Crippen LogP contribution < -0.4 is 39.7 Å². The molecule has 0 radical (unpaired) electrons. The van der Waals surface area contributed by atoms with E-state index in [9.17, 15) is 77.2 Å². The third kappa shape index (κ3) is 27.7. The molecule has 1 saturated carbocycles. The largest absolute Gasteiger partial charge is 0.497 e. The van der Waals surface area contributed by atoms with Gasteiger partial charge in [-0.05, 0) is 62.1 Å². The number of nitrogens with zero attached hydrogens (tertiary/aromatic N) is 4. The predicted molar refractivity (Wildman–Crippen MR) is 330 cm³/mol. The van der Waals surface area contributed by atoms with Gasteiger partial charge in [0.25, 0.3) is 11.6 Å². The molecule has 0 saturated heterocycles. The van der Waals surface area contributed by atoms with E-state index in [0.29, 0.717) is 25.7 Å². The molecule has 1 N–H and O–H groups in total. The maximum atomic E-state index is 13.7. The first-order valence-electron chi connectivity index (χ1n) is 29.8. The molecule has 0 spiro atoms. The van der Waals surface area contributed by atoms with E-state index >= 15 is 0 Å². The van der Waals surface area contributed by atoms with Gasteiger partial charge in [0.2, 0.25) is 40.8 Å². The minimum Gasteiger partial charge on any atom is -0.497 e. The first kappa shape index (κ1) is 78.8. The lowest BCUT2D eigenvalue weighted by Crippen LogP contribution is -2.48. The van der Waals surface area contributed by atoms with Crippen LogP contribution in [0.1, 0.15) is 83.1 Å². The molecule has 100 heavy (non-hydrogen) atoms. The van der Waals surface area contributed by atoms with Gasteiger partial charge in [-0.2, -0.15) is 0 Å². The number of anilines is 2. The van der Waals surface area contributed by atoms with Gasteiger partial charge in [0.15, 0.2) is 0 Å². The molecular weight excluding hydrogens is 1340 g/mol. The van der Waals surface area contributed by atoms with Crippen molar-refractivity contribution < 1.29 is 147 Å². The Hall–Kier alpha value is -11.9. The van der Waals surface area contributed by atoms with Gasteiger partial charge in [-0.15, -0.1) is 0 Å². The summed E-state index contributed by atoms with van der Waals surface area (Å²) in [6.45, 7) is -3.97. The quantitative estimate of drug-likeness (QED) is 0.0127. The van der Waals surface area contributed by atoms with Crippen molar-refractivity contribution in [2.24, 2.45) is 0 Å². The van der Waals surface area contributed by atoms with Gasteiger partial charge in [-0.1, -0.05) is 0 Å². The van der Waals surface area contributed by atoms with Crippen LogP contribution in [-0.2, 0) is 121 Å². The van der Waals surface area contributed by atoms with Crippen LogP contribution in [0.25, 0.3) is 11.0 Å². The minimum absolute atomic E-state index is 0.0150. The van der Waals surface area contributed by atoms with Gasteiger partial charge >= 0.3 is 77.3 Å². The van der Waals surface area contributed by atoms with Gasteiger partial charge in [-0.25, -0.2) is 4.79 Å². The smallest absolute Gasteiger partial charge is 0.349 e. The predicted octanol–water partition coefficient (Wildman–Crippen LogP) is 2.09. The maximum Gasteiger partial charge on any atom is 0.349 e. The van der Waals surface area contributed by atoms with Crippen molar-refractivity contribution in [3.05, 3.63) is 86.3 Å². The first-order chi connectivity index (χ1) is 47.6. The zero-order valence-corrected chi connectivity index (χ0v) is 55.0. The summed E-state index contributed by atoms with van der Waals surface area (Å²) in [5.74, 6) is -11.7. The molecule has 4 aromatic rings. The Bertz CT molecular complexity index is 3590. The zero-order chi connectivity index (χ0) is 73.4. The highest BCUT2D eigenvalue weighted by Crippen LogP contribution is 2.38. The summed E-state index contributed by atoms with van der Waals surface area (Å²) in [6.07, 6.45) is 1.25. The second-order valence-corrected chi connectivity index (χ2v) is 20.9. The van der Waals surface area contributed by atoms with E-state index in [2.05, 4.69) is 24.3 Å². The number of nitro groups is 1. The molecule has 1 amide bonds. The minimum atomic E-state index is -1.14. The van der Waals surface area contributed by atoms with E-state index in [1.807, 2.05) is 0 Å². The van der Waals surface area contributed by atoms with Crippen LogP contribution in [0.15, 0.2) is 63.8 Å². The molecule has 542 valence electrons. The van der Waals surface area contributed by atoms with Crippen molar-refractivity contribution in [1.82, 2.24) is 10.2 Å². The van der Waals surface area contributed by atoms with E-state index in [-0.39, 0.29) is 50.7 Å². The number of carbonyl (C=O) groups is 13. The Morgan fingerprint density at radius 3 is 1.32 bits per heavy atom. The van der Waals surface area contributed by atoms with Crippen molar-refractivity contribution in [3.8, 4) is 23.0 Å². The fourth-order valence-corrected chi connectivity index (χ4v) is 8.96. The van der Waals surface area contributed by atoms with E-state index in [4.69, 9.17) is 61.3 Å². The molecule has 5 rings (SSSR count). The number of ether oxygens (including phenoxy) is 16. The Morgan fingerprint density at radius 2 is 0.900 bits per heavy atom. The van der Waals surface area contributed by atoms with Crippen LogP contribution in [0, 0.1) is 10.1 Å². The average molecular weight is 1410 g/mol. The lowest BCUT2D eigenvalue weighted by atomic mass is 9.90. The van der Waals surface area contributed by atoms with Crippen molar-refractivity contribution in [3.63, 3.8) is 0 Å². The number of hydrogen-bond donors (Lipinski definition) is 1. The van der Waals surface area contributed by atoms with Crippen LogP contribution in [0.4, 0.5) is 17.1 Å². The van der Waals surface area contributed by atoms with Crippen LogP contribution in [0.3, 0.4) is 0 Å². The number of methoxy groups -OCH3 is 1. The van der Waals surface area contributed by atoms with Gasteiger partial charge in [0.05, 0.1) is 48.1 Å². The summed E-state index contributed by atoms with van der Waals surface area (Å²) >= 11 is 0. The lowest BCUT2D eigenvalue weighted by molar-refractivity contribution is -0.385. The number of nitro benzene ring substituents is 1. The normalized spacial score (nSPS) is 12.9. The standard InChI is InChI=1S/C62H71N5O33/c1-36(68)88-30-94-55(74)23-64(24-56(75)95-31-89-37(2)69)45-11-9-44(10-12-45)63-61(80)48-18-42-8-13-47(21-52(42)100-62(48)81)87-29-43-19-51(66(27-59(78)98-34-92-40(5)72)28-60(79)99-35-93-41(6)73)54(22-50(43)67(82)83)86-17-16-85-53-20-46(84-7)14-15-49(53)65(25-57(76)96-32-90-38(3)70)26-58(77)97-33-91-39(4)71/h8,13-15,18-22,44-45H,9-12,16-17,23-35H2,1-7H3,(H,63,80). The number of esters is 12. The highest BCUT2D eigenvalue weighted by Gasteiger charge is 2.32. The van der Waals surface area contributed by atoms with Gasteiger partial charge < -0.3 is 95.3 Å². The van der Waals surface area contributed by atoms with Gasteiger partial charge in [0.1, 0.15) is 80.1 Å². The van der Waals surface area contributed by atoms with E-state index in [1.165, 1.54) is 54.5 Å². The first-order valence-corrected chi connectivity index (χ1v) is 29.8. The Kier molecular flexibility index (Phi) is 31.5. The SMILES string of the molecule is COc1ccc(N(CC(=O)OCOC(C)=O)CC(=O)OCOC(C)=O)c(OCCOc2cc([N+](=O)[O-])c(COc3ccc4cc(C(=O)NC5CCC(N(CC(=O)OCOC(C)=O)CC(=O)OCOC(C)=O)CC5)c(=O)oc4c3)cc2N(CC(=O)OCOC(C)=O)CC(=O)OCOC(C)=O)c1. The maximum absolute atomic E-state index is 13.7. The highest BCUT2D eigenvalue weighted by atomic mass is 16.7. The zero-order valence-electron chi connectivity index (χ0n) is 55.0. The third-order valence-corrected chi connectivity index (χ3v) is 13.5. The summed E-state index contributed by atoms with van der Waals surface area (Å²) in [7, 11) is 1.32. The van der Waals surface area contributed by atoms with Crippen LogP contribution in [0.2, 0.25) is 0 Å². The number of fused-ring (bicyclic) bond motifs is 1. The fourth-order valence-electron chi connectivity index (χ4n) is 8.96. The number of rotatable bonds is 39. The van der Waals surface area contributed by atoms with Gasteiger partial charge in [0, 0.05) is 71.1 Å². The molecule has 0 bridgehead atoms. The molecule has 1 aliphatic carbocycles. The Balaban J connectivity index is 1.42. The lowest BCUT2D eigenvalue weighted by Gasteiger charge is -2.36. The second kappa shape index (κ2) is 40.0. The van der Waals surface area contributed by atoms with Gasteiger partial charge in [-0.3, -0.25) is 77.3 Å². The van der Waals surface area contributed by atoms with Crippen molar-refractivity contribution in [1.29, 1.82) is 0 Å². The summed E-state index contributed by atoms with van der Waals surface area (Å²) in [5.41, 5.74) is -2.73. The molecule has 0 atom stereocenters. The fraction of sp³-hybridized carbons (Fsp3) is 0.452. The molecule has 0 unspecified atom stereocenters. The number of amides is 1. The Labute approximate surface area is 567 Å². The van der Waals surface area contributed by atoms with E-state index in [0.717, 1.165) is 63.5 Å². The topological polar surface area (TPSA) is 465 Å². The van der Waals surface area contributed by atoms with Crippen LogP contribution >= 0.6 is 0 Å². The molecule has 0 aliphatic heterocycles. The molecule has 1 fully saturated rings. The molecular formula is C62H71N5O33. The highest BCUT2D eigenvalue weighted by molar-refractivity contribution is 5.97. The van der Waals surface area contributed by atoms with Crippen molar-refractivity contribution >= 4 is 106 Å². The summed E-state index contributed by atoms with van der Waals surface area (Å²) < 4.78 is 87.2. The van der Waals surface area contributed by atoms with Crippen LogP contribution in [-0.4, -0.2) is 200 Å².